The van der Waals surface area contributed by atoms with Crippen molar-refractivity contribution in [2.45, 2.75) is 6.42 Å². The first kappa shape index (κ1) is 7.73. The second-order valence-electron chi connectivity index (χ2n) is 2.22. The van der Waals surface area contributed by atoms with Crippen LogP contribution < -0.4 is 0 Å². The summed E-state index contributed by atoms with van der Waals surface area (Å²) in [5.74, 6) is 0. The highest BCUT2D eigenvalue weighted by molar-refractivity contribution is 5.61. The quantitative estimate of drug-likeness (QED) is 0.635. The van der Waals surface area contributed by atoms with Crippen LogP contribution in [0.4, 0.5) is 0 Å². The molecule has 1 heteroatoms. The van der Waals surface area contributed by atoms with Gasteiger partial charge in [0.1, 0.15) is 0 Å². The van der Waals surface area contributed by atoms with E-state index in [2.05, 4.69) is 6.58 Å². The molecule has 1 radical (unpaired) electrons. The monoisotopic (exact) mass is 145 g/mol. The fourth-order valence-electron chi connectivity index (χ4n) is 0.972. The Balaban J connectivity index is 3.01. The summed E-state index contributed by atoms with van der Waals surface area (Å²) < 4.78 is 0. The first-order valence-electron chi connectivity index (χ1n) is 3.44. The lowest BCUT2D eigenvalue weighted by atomic mass is 10.1. The molecule has 1 aromatic rings. The topological polar surface area (TPSA) is 17.1 Å². The molecule has 0 saturated carbocycles. The minimum atomic E-state index is 0.349. The molecule has 0 bridgehead atoms. The lowest BCUT2D eigenvalue weighted by Gasteiger charge is -1.98. The summed E-state index contributed by atoms with van der Waals surface area (Å²) in [6.07, 6.45) is 3.95. The van der Waals surface area contributed by atoms with E-state index in [1.165, 1.54) is 0 Å². The van der Waals surface area contributed by atoms with E-state index in [0.29, 0.717) is 6.42 Å². The van der Waals surface area contributed by atoms with Crippen LogP contribution in [0.2, 0.25) is 0 Å². The summed E-state index contributed by atoms with van der Waals surface area (Å²) >= 11 is 0. The Kier molecular flexibility index (Phi) is 2.61. The van der Waals surface area contributed by atoms with E-state index in [1.54, 1.807) is 6.08 Å². The van der Waals surface area contributed by atoms with E-state index in [9.17, 15) is 4.79 Å². The number of benzene rings is 1. The lowest BCUT2D eigenvalue weighted by molar-refractivity contribution is 0.555. The van der Waals surface area contributed by atoms with E-state index in [1.807, 2.05) is 30.6 Å². The molecular weight excluding hydrogens is 136 g/mol. The van der Waals surface area contributed by atoms with Crippen LogP contribution in [0.15, 0.2) is 30.8 Å². The summed E-state index contributed by atoms with van der Waals surface area (Å²) in [6.45, 7) is 3.64. The molecule has 0 aliphatic rings. The average Bonchev–Trinajstić information content (AvgIpc) is 2.06. The van der Waals surface area contributed by atoms with Crippen LogP contribution >= 0.6 is 0 Å². The minimum absolute atomic E-state index is 0.349. The van der Waals surface area contributed by atoms with Crippen LogP contribution in [-0.4, -0.2) is 6.29 Å². The molecule has 55 valence electrons. The van der Waals surface area contributed by atoms with Gasteiger partial charge in [0, 0.05) is 6.42 Å². The molecule has 0 fully saturated rings. The van der Waals surface area contributed by atoms with Gasteiger partial charge in [-0.2, -0.15) is 0 Å². The molecule has 0 saturated heterocycles. The van der Waals surface area contributed by atoms with Crippen LogP contribution in [0.5, 0.6) is 0 Å². The van der Waals surface area contributed by atoms with Crippen molar-refractivity contribution in [3.8, 4) is 0 Å². The maximum atomic E-state index is 10.1. The van der Waals surface area contributed by atoms with Crippen molar-refractivity contribution in [2.24, 2.45) is 0 Å². The zero-order valence-corrected chi connectivity index (χ0v) is 6.21. The molecule has 0 atom stereocenters. The summed E-state index contributed by atoms with van der Waals surface area (Å²) in [7, 11) is 0. The summed E-state index contributed by atoms with van der Waals surface area (Å²) in [6, 6.07) is 7.66. The molecule has 1 aromatic carbocycles. The van der Waals surface area contributed by atoms with Gasteiger partial charge in [0.15, 0.2) is 0 Å². The Labute approximate surface area is 66.4 Å². The number of hydrogen-bond acceptors (Lipinski definition) is 1. The smallest absolute Gasteiger partial charge is 0.203 e. The maximum absolute atomic E-state index is 10.1. The third-order valence-electron chi connectivity index (χ3n) is 1.54. The van der Waals surface area contributed by atoms with E-state index in [-0.39, 0.29) is 0 Å². The number of rotatable bonds is 3. The second kappa shape index (κ2) is 3.71. The third kappa shape index (κ3) is 1.77. The van der Waals surface area contributed by atoms with E-state index >= 15 is 0 Å². The van der Waals surface area contributed by atoms with Crippen molar-refractivity contribution in [3.05, 3.63) is 42.0 Å². The fraction of sp³-hybridized carbons (Fsp3) is 0.100. The predicted octanol–water partition coefficient (Wildman–Crippen LogP) is 1.98. The molecule has 0 aliphatic heterocycles. The Morgan fingerprint density at radius 1 is 1.45 bits per heavy atom. The fourth-order valence-corrected chi connectivity index (χ4v) is 0.972. The van der Waals surface area contributed by atoms with E-state index in [4.69, 9.17) is 0 Å². The lowest BCUT2D eigenvalue weighted by Crippen LogP contribution is -1.88. The Morgan fingerprint density at radius 3 is 2.82 bits per heavy atom. The number of hydrogen-bond donors (Lipinski definition) is 0. The van der Waals surface area contributed by atoms with Crippen LogP contribution in [-0.2, 0) is 11.2 Å². The standard InChI is InChI=1S/C10H9O/c1-2-9-5-3-4-6-10(9)7-8-11/h2-6H,1,7H2. The molecule has 1 nitrogen and oxygen atoms in total. The molecule has 0 unspecified atom stereocenters. The molecule has 11 heavy (non-hydrogen) atoms. The molecule has 1 rings (SSSR count). The first-order valence-corrected chi connectivity index (χ1v) is 3.44. The van der Waals surface area contributed by atoms with Crippen molar-refractivity contribution < 1.29 is 4.79 Å². The molecule has 0 amide bonds. The normalized spacial score (nSPS) is 9.09. The summed E-state index contributed by atoms with van der Waals surface area (Å²) in [4.78, 5) is 10.1. The molecule has 0 N–H and O–H groups in total. The zero-order valence-electron chi connectivity index (χ0n) is 6.21. The van der Waals surface area contributed by atoms with Gasteiger partial charge in [-0.1, -0.05) is 36.9 Å². The molecular formula is C10H9O. The zero-order chi connectivity index (χ0) is 8.10. The van der Waals surface area contributed by atoms with E-state index in [0.717, 1.165) is 11.1 Å². The van der Waals surface area contributed by atoms with Gasteiger partial charge in [0.2, 0.25) is 6.29 Å². The first-order chi connectivity index (χ1) is 5.38. The highest BCUT2D eigenvalue weighted by Crippen LogP contribution is 2.09. The van der Waals surface area contributed by atoms with Gasteiger partial charge in [0.05, 0.1) is 0 Å². The Hall–Kier alpha value is -1.37. The van der Waals surface area contributed by atoms with Crippen molar-refractivity contribution in [1.82, 2.24) is 0 Å². The van der Waals surface area contributed by atoms with Crippen molar-refractivity contribution in [2.75, 3.05) is 0 Å². The van der Waals surface area contributed by atoms with Gasteiger partial charge in [-0.05, 0) is 11.1 Å². The van der Waals surface area contributed by atoms with Crippen molar-refractivity contribution in [3.63, 3.8) is 0 Å². The van der Waals surface area contributed by atoms with Crippen LogP contribution in [0.25, 0.3) is 6.08 Å². The maximum Gasteiger partial charge on any atom is 0.203 e. The molecule has 0 aromatic heterocycles. The van der Waals surface area contributed by atoms with Gasteiger partial charge >= 0.3 is 0 Å². The van der Waals surface area contributed by atoms with Gasteiger partial charge in [0.25, 0.3) is 0 Å². The minimum Gasteiger partial charge on any atom is -0.291 e. The number of carbonyl (C=O) groups excluding carboxylic acids is 1. The highest BCUT2D eigenvalue weighted by Gasteiger charge is 1.95. The second-order valence-corrected chi connectivity index (χ2v) is 2.22. The Morgan fingerprint density at radius 2 is 2.18 bits per heavy atom. The molecule has 0 heterocycles. The van der Waals surface area contributed by atoms with Gasteiger partial charge in [-0.15, -0.1) is 0 Å². The summed E-state index contributed by atoms with van der Waals surface area (Å²) in [5, 5.41) is 0. The third-order valence-corrected chi connectivity index (χ3v) is 1.54. The van der Waals surface area contributed by atoms with E-state index < -0.39 is 0 Å². The Bertz CT molecular complexity index is 263. The molecule has 0 aliphatic carbocycles. The average molecular weight is 145 g/mol. The molecule has 0 spiro atoms. The van der Waals surface area contributed by atoms with Crippen molar-refractivity contribution in [1.29, 1.82) is 0 Å². The van der Waals surface area contributed by atoms with Crippen LogP contribution in [0.1, 0.15) is 11.1 Å². The van der Waals surface area contributed by atoms with Crippen LogP contribution in [0, 0.1) is 0 Å². The highest BCUT2D eigenvalue weighted by atomic mass is 16.1. The SMILES string of the molecule is C=Cc1ccccc1C[C]=O. The largest absolute Gasteiger partial charge is 0.291 e. The van der Waals surface area contributed by atoms with Gasteiger partial charge < -0.3 is 0 Å². The van der Waals surface area contributed by atoms with Crippen molar-refractivity contribution >= 4 is 12.4 Å². The summed E-state index contributed by atoms with van der Waals surface area (Å²) in [5.41, 5.74) is 1.99. The predicted molar refractivity (Wildman–Crippen MR) is 45.9 cm³/mol. The van der Waals surface area contributed by atoms with Crippen LogP contribution in [0.3, 0.4) is 0 Å². The van der Waals surface area contributed by atoms with Gasteiger partial charge in [-0.25, -0.2) is 0 Å². The van der Waals surface area contributed by atoms with Gasteiger partial charge in [-0.3, -0.25) is 4.79 Å².